The average Bonchev–Trinajstić information content (AvgIpc) is 1.97. The molecule has 0 saturated heterocycles. The van der Waals surface area contributed by atoms with Gasteiger partial charge in [-0.15, -0.1) is 0 Å². The van der Waals surface area contributed by atoms with Crippen molar-refractivity contribution in [3.05, 3.63) is 24.3 Å². The molecule has 0 aromatic carbocycles. The van der Waals surface area contributed by atoms with E-state index < -0.39 is 0 Å². The Morgan fingerprint density at radius 3 is 2.60 bits per heavy atom. The van der Waals surface area contributed by atoms with Crippen molar-refractivity contribution in [3.63, 3.8) is 0 Å². The van der Waals surface area contributed by atoms with Crippen LogP contribution in [0.5, 0.6) is 0 Å². The summed E-state index contributed by atoms with van der Waals surface area (Å²) < 4.78 is 0. The van der Waals surface area contributed by atoms with Crippen molar-refractivity contribution in [2.24, 2.45) is 10.7 Å². The van der Waals surface area contributed by atoms with Gasteiger partial charge < -0.3 is 5.73 Å². The Kier molecular flexibility index (Phi) is 7.39. The third-order valence-electron chi connectivity index (χ3n) is 0.913. The van der Waals surface area contributed by atoms with Crippen molar-refractivity contribution in [3.8, 4) is 0 Å². The Morgan fingerprint density at radius 2 is 2.00 bits per heavy atom. The molecule has 0 radical (unpaired) electrons. The van der Waals surface area contributed by atoms with E-state index in [2.05, 4.69) is 4.99 Å². The minimum Gasteiger partial charge on any atom is -0.327 e. The quantitative estimate of drug-likeness (QED) is 0.459. The van der Waals surface area contributed by atoms with Crippen LogP contribution >= 0.6 is 0 Å². The van der Waals surface area contributed by atoms with Crippen LogP contribution in [0.1, 0.15) is 6.92 Å². The van der Waals surface area contributed by atoms with Crippen LogP contribution in [-0.2, 0) is 0 Å². The van der Waals surface area contributed by atoms with Gasteiger partial charge in [0.05, 0.1) is 6.54 Å². The second-order valence-corrected chi connectivity index (χ2v) is 1.72. The van der Waals surface area contributed by atoms with Gasteiger partial charge in [-0.3, -0.25) is 4.99 Å². The van der Waals surface area contributed by atoms with Gasteiger partial charge in [-0.05, 0) is 13.1 Å². The zero-order valence-electron chi connectivity index (χ0n) is 6.33. The lowest BCUT2D eigenvalue weighted by molar-refractivity contribution is 1.24. The molecular formula is C8H14N2. The first-order valence-electron chi connectivity index (χ1n) is 3.38. The maximum absolute atomic E-state index is 5.22. The maximum atomic E-state index is 5.22. The summed E-state index contributed by atoms with van der Waals surface area (Å²) in [5.41, 5.74) is 5.22. The van der Waals surface area contributed by atoms with Crippen molar-refractivity contribution in [1.82, 2.24) is 0 Å². The Morgan fingerprint density at radius 1 is 1.30 bits per heavy atom. The SMILES string of the molecule is CC=NCC=C/C=C/CN. The summed E-state index contributed by atoms with van der Waals surface area (Å²) in [7, 11) is 0. The highest BCUT2D eigenvalue weighted by Crippen LogP contribution is 1.76. The minimum atomic E-state index is 0.599. The summed E-state index contributed by atoms with van der Waals surface area (Å²) in [6.45, 7) is 3.26. The molecule has 0 aliphatic carbocycles. The van der Waals surface area contributed by atoms with Crippen LogP contribution in [0.15, 0.2) is 29.3 Å². The summed E-state index contributed by atoms with van der Waals surface area (Å²) in [5.74, 6) is 0. The molecule has 0 rings (SSSR count). The van der Waals surface area contributed by atoms with Gasteiger partial charge in [0.1, 0.15) is 0 Å². The summed E-state index contributed by atoms with van der Waals surface area (Å²) in [5, 5.41) is 0. The van der Waals surface area contributed by atoms with E-state index >= 15 is 0 Å². The maximum Gasteiger partial charge on any atom is 0.0569 e. The Hall–Kier alpha value is -0.890. The topological polar surface area (TPSA) is 38.4 Å². The second kappa shape index (κ2) is 8.11. The number of hydrogen-bond donors (Lipinski definition) is 1. The molecule has 0 saturated carbocycles. The molecule has 0 aliphatic rings. The van der Waals surface area contributed by atoms with Crippen LogP contribution in [0, 0.1) is 0 Å². The van der Waals surface area contributed by atoms with Crippen molar-refractivity contribution in [1.29, 1.82) is 0 Å². The fraction of sp³-hybridized carbons (Fsp3) is 0.375. The van der Waals surface area contributed by atoms with Crippen LogP contribution in [-0.4, -0.2) is 19.3 Å². The first kappa shape index (κ1) is 9.11. The molecule has 0 aromatic rings. The molecular weight excluding hydrogens is 124 g/mol. The van der Waals surface area contributed by atoms with Gasteiger partial charge in [0.25, 0.3) is 0 Å². The molecule has 0 fully saturated rings. The van der Waals surface area contributed by atoms with E-state index in [9.17, 15) is 0 Å². The van der Waals surface area contributed by atoms with E-state index in [-0.39, 0.29) is 0 Å². The number of aliphatic imine (C=N–C) groups is 1. The monoisotopic (exact) mass is 138 g/mol. The third kappa shape index (κ3) is 7.11. The van der Waals surface area contributed by atoms with Crippen LogP contribution in [0.25, 0.3) is 0 Å². The lowest BCUT2D eigenvalue weighted by atomic mass is 10.4. The highest BCUT2D eigenvalue weighted by atomic mass is 14.7. The van der Waals surface area contributed by atoms with Gasteiger partial charge in [0.15, 0.2) is 0 Å². The Labute approximate surface area is 62.1 Å². The standard InChI is InChI=1S/C8H14N2/c1-2-10-8-6-4-3-5-7-9/h2-6H,7-9H2,1H3/b5-3+,6-4?,10-2?. The fourth-order valence-electron chi connectivity index (χ4n) is 0.463. The van der Waals surface area contributed by atoms with Crippen molar-refractivity contribution in [2.75, 3.05) is 13.1 Å². The molecule has 10 heavy (non-hydrogen) atoms. The van der Waals surface area contributed by atoms with E-state index in [0.29, 0.717) is 6.54 Å². The van der Waals surface area contributed by atoms with Crippen molar-refractivity contribution >= 4 is 6.21 Å². The van der Waals surface area contributed by atoms with E-state index in [1.807, 2.05) is 31.2 Å². The zero-order chi connectivity index (χ0) is 7.66. The molecule has 0 bridgehead atoms. The summed E-state index contributed by atoms with van der Waals surface area (Å²) in [4.78, 5) is 3.99. The second-order valence-electron chi connectivity index (χ2n) is 1.72. The van der Waals surface area contributed by atoms with Gasteiger partial charge in [-0.25, -0.2) is 0 Å². The third-order valence-corrected chi connectivity index (χ3v) is 0.913. The molecule has 0 unspecified atom stereocenters. The Balaban J connectivity index is 3.28. The van der Waals surface area contributed by atoms with Crippen LogP contribution in [0.4, 0.5) is 0 Å². The number of nitrogens with two attached hydrogens (primary N) is 1. The van der Waals surface area contributed by atoms with Crippen LogP contribution < -0.4 is 5.73 Å². The van der Waals surface area contributed by atoms with Gasteiger partial charge in [-0.1, -0.05) is 24.3 Å². The molecule has 0 heterocycles. The van der Waals surface area contributed by atoms with Gasteiger partial charge in [-0.2, -0.15) is 0 Å². The predicted molar refractivity (Wildman–Crippen MR) is 46.4 cm³/mol. The molecule has 0 aliphatic heterocycles. The summed E-state index contributed by atoms with van der Waals surface area (Å²) >= 11 is 0. The average molecular weight is 138 g/mol. The number of allylic oxidation sites excluding steroid dienone is 2. The molecule has 2 N–H and O–H groups in total. The first-order valence-corrected chi connectivity index (χ1v) is 3.38. The molecule has 0 aromatic heterocycles. The van der Waals surface area contributed by atoms with Gasteiger partial charge >= 0.3 is 0 Å². The first-order chi connectivity index (χ1) is 4.91. The summed E-state index contributed by atoms with van der Waals surface area (Å²) in [6.07, 6.45) is 9.53. The van der Waals surface area contributed by atoms with Crippen LogP contribution in [0.3, 0.4) is 0 Å². The lowest BCUT2D eigenvalue weighted by Gasteiger charge is -1.78. The molecule has 2 heteroatoms. The van der Waals surface area contributed by atoms with E-state index in [0.717, 1.165) is 6.54 Å². The molecule has 0 atom stereocenters. The normalized spacial score (nSPS) is 12.6. The molecule has 0 amide bonds. The van der Waals surface area contributed by atoms with E-state index in [1.54, 1.807) is 6.21 Å². The molecule has 2 nitrogen and oxygen atoms in total. The van der Waals surface area contributed by atoms with Crippen molar-refractivity contribution in [2.45, 2.75) is 6.92 Å². The predicted octanol–water partition coefficient (Wildman–Crippen LogP) is 1.15. The van der Waals surface area contributed by atoms with Crippen LogP contribution in [0.2, 0.25) is 0 Å². The zero-order valence-corrected chi connectivity index (χ0v) is 6.33. The molecule has 0 spiro atoms. The number of rotatable bonds is 4. The Bertz CT molecular complexity index is 134. The van der Waals surface area contributed by atoms with Gasteiger partial charge in [0, 0.05) is 6.54 Å². The highest BCUT2D eigenvalue weighted by Gasteiger charge is 1.65. The van der Waals surface area contributed by atoms with Gasteiger partial charge in [0.2, 0.25) is 0 Å². The summed E-state index contributed by atoms with van der Waals surface area (Å²) in [6, 6.07) is 0. The van der Waals surface area contributed by atoms with E-state index in [4.69, 9.17) is 5.73 Å². The smallest absolute Gasteiger partial charge is 0.0569 e. The highest BCUT2D eigenvalue weighted by molar-refractivity contribution is 5.53. The fourth-order valence-corrected chi connectivity index (χ4v) is 0.463. The van der Waals surface area contributed by atoms with Crippen molar-refractivity contribution < 1.29 is 0 Å². The number of hydrogen-bond acceptors (Lipinski definition) is 2. The molecule has 56 valence electrons. The number of nitrogens with zero attached hydrogens (tertiary/aromatic N) is 1. The minimum absolute atomic E-state index is 0.599. The van der Waals surface area contributed by atoms with E-state index in [1.165, 1.54) is 0 Å². The largest absolute Gasteiger partial charge is 0.327 e. The lowest BCUT2D eigenvalue weighted by Crippen LogP contribution is -1.91.